The van der Waals surface area contributed by atoms with E-state index in [4.69, 9.17) is 4.42 Å². The molecular weight excluding hydrogens is 197 g/mol. The van der Waals surface area contributed by atoms with E-state index < -0.39 is 0 Å². The molecule has 0 amide bonds. The average Bonchev–Trinajstić information content (AvgIpc) is 2.74. The first-order valence-electron chi connectivity index (χ1n) is 4.79. The Hall–Kier alpha value is -1.65. The van der Waals surface area contributed by atoms with Gasteiger partial charge in [0.15, 0.2) is 23.2 Å². The van der Waals surface area contributed by atoms with Crippen molar-refractivity contribution in [2.45, 2.75) is 27.3 Å². The molecule has 4 nitrogen and oxygen atoms in total. The van der Waals surface area contributed by atoms with Gasteiger partial charge in [-0.1, -0.05) is 0 Å². The Morgan fingerprint density at radius 3 is 2.67 bits per heavy atom. The zero-order valence-electron chi connectivity index (χ0n) is 8.91. The Kier molecular flexibility index (Phi) is 2.30. The van der Waals surface area contributed by atoms with E-state index in [0.29, 0.717) is 23.9 Å². The number of hydrogen-bond donors (Lipinski definition) is 0. The van der Waals surface area contributed by atoms with Crippen molar-refractivity contribution < 1.29 is 8.81 Å². The van der Waals surface area contributed by atoms with E-state index in [0.717, 1.165) is 0 Å². The van der Waals surface area contributed by atoms with Crippen molar-refractivity contribution in [2.75, 3.05) is 0 Å². The van der Waals surface area contributed by atoms with Gasteiger partial charge in [-0.2, -0.15) is 5.10 Å². The fraction of sp³-hybridized carbons (Fsp3) is 0.400. The van der Waals surface area contributed by atoms with Gasteiger partial charge in [-0.05, 0) is 13.8 Å². The fourth-order valence-electron chi connectivity index (χ4n) is 1.46. The van der Waals surface area contributed by atoms with Crippen LogP contribution in [0.2, 0.25) is 0 Å². The smallest absolute Gasteiger partial charge is 0.191 e. The summed E-state index contributed by atoms with van der Waals surface area (Å²) in [5.41, 5.74) is 0.747. The minimum atomic E-state index is -0.340. The van der Waals surface area contributed by atoms with E-state index in [1.165, 1.54) is 6.20 Å². The molecular formula is C10H12FN3O. The molecule has 2 heterocycles. The van der Waals surface area contributed by atoms with Gasteiger partial charge in [-0.15, -0.1) is 0 Å². The molecule has 0 atom stereocenters. The first-order valence-corrected chi connectivity index (χ1v) is 4.79. The topological polar surface area (TPSA) is 43.9 Å². The normalized spacial score (nSPS) is 10.9. The first kappa shape index (κ1) is 9.89. The molecule has 0 aromatic carbocycles. The van der Waals surface area contributed by atoms with Gasteiger partial charge in [-0.3, -0.25) is 4.68 Å². The van der Waals surface area contributed by atoms with Crippen molar-refractivity contribution in [1.29, 1.82) is 0 Å². The van der Waals surface area contributed by atoms with Crippen LogP contribution in [0.4, 0.5) is 4.39 Å². The quantitative estimate of drug-likeness (QED) is 0.762. The highest BCUT2D eigenvalue weighted by atomic mass is 19.1. The minimum Gasteiger partial charge on any atom is -0.439 e. The van der Waals surface area contributed by atoms with Crippen molar-refractivity contribution >= 4 is 0 Å². The number of rotatable bonds is 2. The average molecular weight is 209 g/mol. The summed E-state index contributed by atoms with van der Waals surface area (Å²) in [5.74, 6) is 0.543. The van der Waals surface area contributed by atoms with Crippen LogP contribution in [0.25, 0.3) is 11.5 Å². The summed E-state index contributed by atoms with van der Waals surface area (Å²) in [7, 11) is 0. The van der Waals surface area contributed by atoms with Crippen molar-refractivity contribution in [3.63, 3.8) is 0 Å². The number of nitrogens with zero attached hydrogens (tertiary/aromatic N) is 3. The van der Waals surface area contributed by atoms with Crippen molar-refractivity contribution in [3.8, 4) is 11.5 Å². The zero-order valence-corrected chi connectivity index (χ0v) is 8.91. The van der Waals surface area contributed by atoms with Crippen LogP contribution in [0, 0.1) is 19.7 Å². The second-order valence-corrected chi connectivity index (χ2v) is 3.31. The van der Waals surface area contributed by atoms with Crippen molar-refractivity contribution in [1.82, 2.24) is 14.8 Å². The predicted molar refractivity (Wildman–Crippen MR) is 52.8 cm³/mol. The predicted octanol–water partition coefficient (Wildman–Crippen LogP) is 2.31. The SMILES string of the molecule is CCn1nc(-c2cnc(C)o2)c(F)c1C. The molecule has 0 bridgehead atoms. The summed E-state index contributed by atoms with van der Waals surface area (Å²) >= 11 is 0. The number of aryl methyl sites for hydroxylation is 2. The van der Waals surface area contributed by atoms with E-state index in [2.05, 4.69) is 10.1 Å². The van der Waals surface area contributed by atoms with Crippen LogP contribution in [-0.2, 0) is 6.54 Å². The second-order valence-electron chi connectivity index (χ2n) is 3.31. The van der Waals surface area contributed by atoms with E-state index in [1.54, 1.807) is 18.5 Å². The molecule has 0 saturated heterocycles. The van der Waals surface area contributed by atoms with Gasteiger partial charge in [0.1, 0.15) is 0 Å². The van der Waals surface area contributed by atoms with Gasteiger partial charge >= 0.3 is 0 Å². The molecule has 5 heteroatoms. The molecule has 0 aliphatic rings. The highest BCUT2D eigenvalue weighted by Crippen LogP contribution is 2.24. The van der Waals surface area contributed by atoms with Gasteiger partial charge < -0.3 is 4.42 Å². The van der Waals surface area contributed by atoms with Crippen LogP contribution in [-0.4, -0.2) is 14.8 Å². The molecule has 0 aliphatic carbocycles. The Balaban J connectivity index is 2.53. The van der Waals surface area contributed by atoms with Crippen molar-refractivity contribution in [2.24, 2.45) is 0 Å². The Bertz CT molecular complexity index is 487. The largest absolute Gasteiger partial charge is 0.439 e. The number of hydrogen-bond acceptors (Lipinski definition) is 3. The molecule has 0 unspecified atom stereocenters. The second kappa shape index (κ2) is 3.49. The van der Waals surface area contributed by atoms with Crippen molar-refractivity contribution in [3.05, 3.63) is 23.6 Å². The fourth-order valence-corrected chi connectivity index (χ4v) is 1.46. The lowest BCUT2D eigenvalue weighted by atomic mass is 10.3. The van der Waals surface area contributed by atoms with Gasteiger partial charge in [0.25, 0.3) is 0 Å². The maximum absolute atomic E-state index is 13.7. The van der Waals surface area contributed by atoms with Crippen LogP contribution in [0.5, 0.6) is 0 Å². The van der Waals surface area contributed by atoms with Crippen LogP contribution in [0.15, 0.2) is 10.6 Å². The first-order chi connectivity index (χ1) is 7.13. The Labute approximate surface area is 86.7 Å². The monoisotopic (exact) mass is 209 g/mol. The molecule has 0 aliphatic heterocycles. The summed E-state index contributed by atoms with van der Waals surface area (Å²) in [6, 6.07) is 0. The maximum Gasteiger partial charge on any atom is 0.191 e. The summed E-state index contributed by atoms with van der Waals surface area (Å²) in [4.78, 5) is 3.92. The van der Waals surface area contributed by atoms with E-state index in [1.807, 2.05) is 6.92 Å². The van der Waals surface area contributed by atoms with Gasteiger partial charge in [0.2, 0.25) is 0 Å². The summed E-state index contributed by atoms with van der Waals surface area (Å²) < 4.78 is 20.6. The Morgan fingerprint density at radius 2 is 2.20 bits per heavy atom. The maximum atomic E-state index is 13.7. The molecule has 2 aromatic rings. The molecule has 0 radical (unpaired) electrons. The molecule has 2 aromatic heterocycles. The minimum absolute atomic E-state index is 0.231. The molecule has 0 saturated carbocycles. The zero-order chi connectivity index (χ0) is 11.0. The molecule has 0 N–H and O–H groups in total. The lowest BCUT2D eigenvalue weighted by Gasteiger charge is -1.95. The van der Waals surface area contributed by atoms with Crippen LogP contribution in [0.3, 0.4) is 0 Å². The van der Waals surface area contributed by atoms with Crippen LogP contribution < -0.4 is 0 Å². The van der Waals surface area contributed by atoms with Crippen LogP contribution >= 0.6 is 0 Å². The molecule has 0 spiro atoms. The molecule has 2 rings (SSSR count). The number of aromatic nitrogens is 3. The third-order valence-electron chi connectivity index (χ3n) is 2.29. The molecule has 0 fully saturated rings. The van der Waals surface area contributed by atoms with Crippen LogP contribution in [0.1, 0.15) is 18.5 Å². The molecule has 15 heavy (non-hydrogen) atoms. The summed E-state index contributed by atoms with van der Waals surface area (Å²) in [5, 5.41) is 4.12. The Morgan fingerprint density at radius 1 is 1.47 bits per heavy atom. The highest BCUT2D eigenvalue weighted by Gasteiger charge is 2.18. The van der Waals surface area contributed by atoms with Gasteiger partial charge in [0.05, 0.1) is 11.9 Å². The number of halogens is 1. The summed E-state index contributed by atoms with van der Waals surface area (Å²) in [6.07, 6.45) is 1.49. The van der Waals surface area contributed by atoms with Gasteiger partial charge in [-0.25, -0.2) is 9.37 Å². The lowest BCUT2D eigenvalue weighted by molar-refractivity contribution is 0.526. The third-order valence-corrected chi connectivity index (χ3v) is 2.29. The standard InChI is InChI=1S/C10H12FN3O/c1-4-14-6(2)9(11)10(13-14)8-5-12-7(3)15-8/h5H,4H2,1-3H3. The van der Waals surface area contributed by atoms with Gasteiger partial charge in [0, 0.05) is 13.5 Å². The van der Waals surface area contributed by atoms with E-state index in [-0.39, 0.29) is 11.5 Å². The summed E-state index contributed by atoms with van der Waals surface area (Å²) in [6.45, 7) is 5.95. The number of oxazole rings is 1. The van der Waals surface area contributed by atoms with E-state index in [9.17, 15) is 4.39 Å². The van der Waals surface area contributed by atoms with E-state index >= 15 is 0 Å². The molecule has 80 valence electrons. The lowest BCUT2D eigenvalue weighted by Crippen LogP contribution is -1.98. The highest BCUT2D eigenvalue weighted by molar-refractivity contribution is 5.52. The third kappa shape index (κ3) is 1.54.